The molecule has 0 bridgehead atoms. The number of rotatable bonds is 3. The number of aromatic amines is 1. The first-order valence-corrected chi connectivity index (χ1v) is 8.90. The van der Waals surface area contributed by atoms with Gasteiger partial charge in [-0.25, -0.2) is 9.59 Å². The first-order valence-electron chi connectivity index (χ1n) is 8.90. The van der Waals surface area contributed by atoms with E-state index in [1.165, 1.54) is 4.90 Å². The van der Waals surface area contributed by atoms with Gasteiger partial charge in [0.1, 0.15) is 5.54 Å². The van der Waals surface area contributed by atoms with E-state index in [0.29, 0.717) is 6.42 Å². The average molecular weight is 358 g/mol. The number of hydrogen-bond donors (Lipinski definition) is 1. The van der Waals surface area contributed by atoms with Crippen LogP contribution in [0.3, 0.4) is 0 Å². The lowest BCUT2D eigenvalue weighted by molar-refractivity contribution is -0.148. The summed E-state index contributed by atoms with van der Waals surface area (Å²) >= 11 is 0. The Hall–Kier alpha value is -2.50. The number of nitrogens with zero attached hydrogens (tertiary/aromatic N) is 1. The molecule has 140 valence electrons. The number of nitrogens with one attached hydrogen (secondary N) is 1. The van der Waals surface area contributed by atoms with Gasteiger partial charge < -0.3 is 14.5 Å². The van der Waals surface area contributed by atoms with E-state index in [4.69, 9.17) is 9.47 Å². The number of benzene rings is 1. The highest BCUT2D eigenvalue weighted by molar-refractivity contribution is 5.90. The Kier molecular flexibility index (Phi) is 4.46. The fourth-order valence-electron chi connectivity index (χ4n) is 3.50. The zero-order valence-corrected chi connectivity index (χ0v) is 16.0. The zero-order chi connectivity index (χ0) is 19.1. The standard InChI is InChI=1S/C20H26N2O4/c1-6-25-18(24)22-16(19(2,3)4)26-17(23)20(22,5)11-13-12-21-15-10-8-7-9-14(13)15/h7-10,12,16,21H,6,11H2,1-5H3/t16-,20?/m1/s1. The molecule has 1 aliphatic heterocycles. The number of carbonyl (C=O) groups is 2. The minimum Gasteiger partial charge on any atom is -0.450 e. The Morgan fingerprint density at radius 3 is 2.69 bits per heavy atom. The molecule has 1 unspecified atom stereocenters. The second-order valence-electron chi connectivity index (χ2n) is 8.00. The van der Waals surface area contributed by atoms with Crippen molar-refractivity contribution in [1.82, 2.24) is 9.88 Å². The predicted molar refractivity (Wildman–Crippen MR) is 98.6 cm³/mol. The van der Waals surface area contributed by atoms with Gasteiger partial charge in [-0.2, -0.15) is 0 Å². The number of ether oxygens (including phenoxy) is 2. The predicted octanol–water partition coefficient (Wildman–Crippen LogP) is 3.86. The molecule has 0 aliphatic carbocycles. The summed E-state index contributed by atoms with van der Waals surface area (Å²) in [5.74, 6) is -0.407. The molecule has 2 aromatic rings. The normalized spacial score (nSPS) is 23.3. The van der Waals surface area contributed by atoms with Crippen LogP contribution in [0.4, 0.5) is 4.79 Å². The van der Waals surface area contributed by atoms with Crippen molar-refractivity contribution in [3.63, 3.8) is 0 Å². The smallest absolute Gasteiger partial charge is 0.413 e. The van der Waals surface area contributed by atoms with E-state index in [9.17, 15) is 9.59 Å². The van der Waals surface area contributed by atoms with Gasteiger partial charge in [-0.05, 0) is 25.5 Å². The number of carbonyl (C=O) groups excluding carboxylic acids is 2. The summed E-state index contributed by atoms with van der Waals surface area (Å²) in [6.45, 7) is 9.56. The number of cyclic esters (lactones) is 1. The molecule has 0 spiro atoms. The minimum atomic E-state index is -1.13. The summed E-state index contributed by atoms with van der Waals surface area (Å²) < 4.78 is 10.9. The first kappa shape index (κ1) is 18.3. The molecule has 2 heterocycles. The van der Waals surface area contributed by atoms with Crippen molar-refractivity contribution in [1.29, 1.82) is 0 Å². The van der Waals surface area contributed by atoms with Gasteiger partial charge >= 0.3 is 12.1 Å². The van der Waals surface area contributed by atoms with Gasteiger partial charge in [0.25, 0.3) is 0 Å². The Morgan fingerprint density at radius 1 is 1.35 bits per heavy atom. The maximum absolute atomic E-state index is 12.9. The molecule has 0 saturated carbocycles. The van der Waals surface area contributed by atoms with Crippen molar-refractivity contribution in [2.75, 3.05) is 6.61 Å². The minimum absolute atomic E-state index is 0.240. The van der Waals surface area contributed by atoms with E-state index in [1.54, 1.807) is 13.8 Å². The summed E-state index contributed by atoms with van der Waals surface area (Å²) in [5, 5.41) is 1.03. The van der Waals surface area contributed by atoms with Crippen LogP contribution in [0.2, 0.25) is 0 Å². The highest BCUT2D eigenvalue weighted by atomic mass is 16.6. The Morgan fingerprint density at radius 2 is 2.04 bits per heavy atom. The van der Waals surface area contributed by atoms with Gasteiger partial charge in [-0.15, -0.1) is 0 Å². The molecule has 6 heteroatoms. The monoisotopic (exact) mass is 358 g/mol. The molecule has 1 N–H and O–H groups in total. The Labute approximate surface area is 153 Å². The van der Waals surface area contributed by atoms with Gasteiger partial charge in [0.05, 0.1) is 6.61 Å². The van der Waals surface area contributed by atoms with Crippen molar-refractivity contribution in [3.05, 3.63) is 36.0 Å². The largest absolute Gasteiger partial charge is 0.450 e. The van der Waals surface area contributed by atoms with E-state index in [1.807, 2.05) is 51.2 Å². The second kappa shape index (κ2) is 6.34. The number of aromatic nitrogens is 1. The molecule has 6 nitrogen and oxygen atoms in total. The zero-order valence-electron chi connectivity index (χ0n) is 16.0. The van der Waals surface area contributed by atoms with Crippen LogP contribution >= 0.6 is 0 Å². The summed E-state index contributed by atoms with van der Waals surface area (Å²) in [6.07, 6.45) is 1.03. The van der Waals surface area contributed by atoms with Gasteiger partial charge in [-0.1, -0.05) is 39.0 Å². The topological polar surface area (TPSA) is 71.6 Å². The van der Waals surface area contributed by atoms with E-state index >= 15 is 0 Å². The van der Waals surface area contributed by atoms with Gasteiger partial charge in [0.2, 0.25) is 0 Å². The summed E-state index contributed by atoms with van der Waals surface area (Å²) in [5.41, 5.74) is 0.395. The maximum atomic E-state index is 12.9. The molecule has 1 fully saturated rings. The number of amides is 1. The van der Waals surface area contributed by atoms with Gasteiger partial charge in [-0.3, -0.25) is 4.90 Å². The summed E-state index contributed by atoms with van der Waals surface area (Å²) in [4.78, 5) is 30.3. The molecular weight excluding hydrogens is 332 g/mol. The van der Waals surface area contributed by atoms with Crippen molar-refractivity contribution in [2.24, 2.45) is 5.41 Å². The number of para-hydroxylation sites is 1. The van der Waals surface area contributed by atoms with Crippen molar-refractivity contribution in [2.45, 2.75) is 52.8 Å². The lowest BCUT2D eigenvalue weighted by Gasteiger charge is -2.37. The molecular formula is C20H26N2O4. The number of hydrogen-bond acceptors (Lipinski definition) is 4. The third kappa shape index (κ3) is 2.93. The van der Waals surface area contributed by atoms with E-state index in [0.717, 1.165) is 16.5 Å². The van der Waals surface area contributed by atoms with Gasteiger partial charge in [0, 0.05) is 28.9 Å². The lowest BCUT2D eigenvalue weighted by atomic mass is 9.88. The molecule has 1 aromatic carbocycles. The fraction of sp³-hybridized carbons (Fsp3) is 0.500. The lowest BCUT2D eigenvalue weighted by Crippen LogP contribution is -2.55. The maximum Gasteiger partial charge on any atom is 0.413 e. The van der Waals surface area contributed by atoms with Crippen LogP contribution in [0, 0.1) is 5.41 Å². The number of esters is 1. The quantitative estimate of drug-likeness (QED) is 0.846. The van der Waals surface area contributed by atoms with Crippen LogP contribution in [0.5, 0.6) is 0 Å². The van der Waals surface area contributed by atoms with E-state index in [-0.39, 0.29) is 6.61 Å². The average Bonchev–Trinajstić information content (AvgIpc) is 3.08. The summed E-state index contributed by atoms with van der Waals surface area (Å²) in [6, 6.07) is 7.89. The van der Waals surface area contributed by atoms with E-state index in [2.05, 4.69) is 4.98 Å². The molecule has 26 heavy (non-hydrogen) atoms. The van der Waals surface area contributed by atoms with Crippen molar-refractivity contribution < 1.29 is 19.1 Å². The van der Waals surface area contributed by atoms with Crippen LogP contribution in [0.15, 0.2) is 30.5 Å². The van der Waals surface area contributed by atoms with Crippen LogP contribution in [0.1, 0.15) is 40.2 Å². The van der Waals surface area contributed by atoms with Gasteiger partial charge in [0.15, 0.2) is 6.23 Å². The molecule has 3 rings (SSSR count). The highest BCUT2D eigenvalue weighted by Gasteiger charge is 2.58. The molecule has 0 radical (unpaired) electrons. The third-order valence-corrected chi connectivity index (χ3v) is 4.84. The number of fused-ring (bicyclic) bond motifs is 1. The van der Waals surface area contributed by atoms with Crippen LogP contribution in [-0.2, 0) is 20.7 Å². The molecule has 2 atom stereocenters. The summed E-state index contributed by atoms with van der Waals surface area (Å²) in [7, 11) is 0. The molecule has 1 amide bonds. The molecule has 1 aliphatic rings. The molecule has 1 saturated heterocycles. The Bertz CT molecular complexity index is 836. The van der Waals surface area contributed by atoms with Crippen molar-refractivity contribution in [3.8, 4) is 0 Å². The highest BCUT2D eigenvalue weighted by Crippen LogP contribution is 2.40. The Balaban J connectivity index is 2.03. The van der Waals surface area contributed by atoms with Crippen molar-refractivity contribution >= 4 is 23.0 Å². The first-order chi connectivity index (χ1) is 12.2. The SMILES string of the molecule is CCOC(=O)N1[C@@H](C(C)(C)C)OC(=O)C1(C)Cc1c[nH]c2ccccc12. The third-order valence-electron chi connectivity index (χ3n) is 4.84. The second-order valence-corrected chi connectivity index (χ2v) is 8.00. The number of H-pyrrole nitrogens is 1. The molecule has 1 aromatic heterocycles. The van der Waals surface area contributed by atoms with Crippen LogP contribution in [-0.4, -0.2) is 40.3 Å². The van der Waals surface area contributed by atoms with E-state index < -0.39 is 29.2 Å². The fourth-order valence-corrected chi connectivity index (χ4v) is 3.50. The van der Waals surface area contributed by atoms with Crippen LogP contribution < -0.4 is 0 Å². The van der Waals surface area contributed by atoms with Crippen LogP contribution in [0.25, 0.3) is 10.9 Å².